The number of hydrogen-bond donors (Lipinski definition) is 2. The molecule has 0 saturated heterocycles. The number of nitro groups is 1. The van der Waals surface area contributed by atoms with Crippen molar-refractivity contribution >= 4 is 17.4 Å². The molecule has 0 aromatic heterocycles. The number of hydrogen-bond acceptors (Lipinski definition) is 4. The molecule has 2 N–H and O–H groups in total. The quantitative estimate of drug-likeness (QED) is 0.580. The van der Waals surface area contributed by atoms with Gasteiger partial charge in [-0.05, 0) is 69.3 Å². The average molecular weight is 373 g/mol. The Labute approximate surface area is 159 Å². The highest BCUT2D eigenvalue weighted by atomic mass is 16.6. The first-order valence-corrected chi connectivity index (χ1v) is 9.88. The minimum Gasteiger partial charge on any atom is -0.370 e. The van der Waals surface area contributed by atoms with Gasteiger partial charge in [0.1, 0.15) is 0 Å². The van der Waals surface area contributed by atoms with Crippen LogP contribution in [-0.2, 0) is 4.74 Å². The van der Waals surface area contributed by atoms with Crippen LogP contribution in [0.2, 0.25) is 0 Å². The largest absolute Gasteiger partial charge is 0.370 e. The van der Waals surface area contributed by atoms with Crippen LogP contribution in [0.1, 0.15) is 45.4 Å². The van der Waals surface area contributed by atoms with E-state index in [1.165, 1.54) is 50.7 Å². The molecule has 4 aliphatic carbocycles. The Bertz CT molecular complexity index is 700. The Morgan fingerprint density at radius 2 is 1.89 bits per heavy atom. The van der Waals surface area contributed by atoms with Crippen LogP contribution in [-0.4, -0.2) is 29.2 Å². The van der Waals surface area contributed by atoms with Crippen LogP contribution in [0.15, 0.2) is 24.3 Å². The van der Waals surface area contributed by atoms with Crippen molar-refractivity contribution in [3.8, 4) is 0 Å². The number of anilines is 1. The van der Waals surface area contributed by atoms with Gasteiger partial charge in [0, 0.05) is 24.4 Å². The van der Waals surface area contributed by atoms with Crippen LogP contribution in [0, 0.1) is 27.9 Å². The van der Waals surface area contributed by atoms with E-state index < -0.39 is 4.92 Å². The highest BCUT2D eigenvalue weighted by Crippen LogP contribution is 2.57. The van der Waals surface area contributed by atoms with Gasteiger partial charge in [-0.15, -0.1) is 0 Å². The fraction of sp³-hybridized carbons (Fsp3) is 0.650. The summed E-state index contributed by atoms with van der Waals surface area (Å²) in [6.07, 6.45) is 7.58. The van der Waals surface area contributed by atoms with E-state index >= 15 is 0 Å². The Balaban J connectivity index is 1.27. The highest BCUT2D eigenvalue weighted by Gasteiger charge is 2.52. The summed E-state index contributed by atoms with van der Waals surface area (Å²) in [6, 6.07) is 5.53. The van der Waals surface area contributed by atoms with Crippen molar-refractivity contribution in [3.05, 3.63) is 34.4 Å². The van der Waals surface area contributed by atoms with E-state index in [1.807, 2.05) is 6.92 Å². The van der Waals surface area contributed by atoms with Gasteiger partial charge in [0.15, 0.2) is 0 Å². The third kappa shape index (κ3) is 4.08. The molecule has 0 spiro atoms. The van der Waals surface area contributed by atoms with Crippen LogP contribution >= 0.6 is 0 Å². The lowest BCUT2D eigenvalue weighted by atomic mass is 9.54. The second-order valence-electron chi connectivity index (χ2n) is 8.67. The molecule has 4 aliphatic rings. The van der Waals surface area contributed by atoms with Crippen molar-refractivity contribution in [1.29, 1.82) is 0 Å². The summed E-state index contributed by atoms with van der Waals surface area (Å²) in [5.74, 6) is 2.48. The number of nitrogens with one attached hydrogen (secondary N) is 2. The first kappa shape index (κ1) is 18.2. The van der Waals surface area contributed by atoms with E-state index in [0.717, 1.165) is 17.8 Å². The number of benzene rings is 1. The maximum absolute atomic E-state index is 12.1. The van der Waals surface area contributed by atoms with Crippen LogP contribution in [0.3, 0.4) is 0 Å². The predicted molar refractivity (Wildman–Crippen MR) is 102 cm³/mol. The third-order valence-electron chi connectivity index (χ3n) is 6.30. The third-order valence-corrected chi connectivity index (χ3v) is 6.30. The topological polar surface area (TPSA) is 93.5 Å². The van der Waals surface area contributed by atoms with Gasteiger partial charge in [0.05, 0.1) is 16.6 Å². The van der Waals surface area contributed by atoms with E-state index in [0.29, 0.717) is 12.2 Å². The first-order chi connectivity index (χ1) is 12.9. The fourth-order valence-electron chi connectivity index (χ4n) is 5.75. The van der Waals surface area contributed by atoms with E-state index in [-0.39, 0.29) is 23.4 Å². The summed E-state index contributed by atoms with van der Waals surface area (Å²) >= 11 is 0. The van der Waals surface area contributed by atoms with Crippen LogP contribution < -0.4 is 10.6 Å². The number of non-ortho nitro benzene ring substituents is 1. The predicted octanol–water partition coefficient (Wildman–Crippen LogP) is 4.09. The van der Waals surface area contributed by atoms with Crippen LogP contribution in [0.25, 0.3) is 0 Å². The van der Waals surface area contributed by atoms with E-state index in [2.05, 4.69) is 10.6 Å². The van der Waals surface area contributed by atoms with Crippen molar-refractivity contribution in [1.82, 2.24) is 5.32 Å². The van der Waals surface area contributed by atoms with Gasteiger partial charge in [0.2, 0.25) is 0 Å². The van der Waals surface area contributed by atoms with E-state index in [4.69, 9.17) is 4.74 Å². The number of carbonyl (C=O) groups excluding carboxylic acids is 1. The van der Waals surface area contributed by atoms with Crippen molar-refractivity contribution in [2.75, 3.05) is 11.9 Å². The number of rotatable bonds is 6. The Hall–Kier alpha value is -2.15. The monoisotopic (exact) mass is 373 g/mol. The zero-order chi connectivity index (χ0) is 19.0. The molecule has 1 atom stereocenters. The Kier molecular flexibility index (Phi) is 4.80. The highest BCUT2D eigenvalue weighted by molar-refractivity contribution is 5.89. The van der Waals surface area contributed by atoms with Crippen molar-refractivity contribution in [3.63, 3.8) is 0 Å². The number of amides is 2. The zero-order valence-corrected chi connectivity index (χ0v) is 15.6. The summed E-state index contributed by atoms with van der Waals surface area (Å²) in [4.78, 5) is 22.4. The summed E-state index contributed by atoms with van der Waals surface area (Å²) in [7, 11) is 0. The summed E-state index contributed by atoms with van der Waals surface area (Å²) in [5, 5.41) is 16.3. The van der Waals surface area contributed by atoms with Gasteiger partial charge >= 0.3 is 6.03 Å². The maximum atomic E-state index is 12.1. The molecule has 146 valence electrons. The molecular formula is C20H27N3O4. The molecule has 2 amide bonds. The molecule has 5 rings (SSSR count). The summed E-state index contributed by atoms with van der Waals surface area (Å²) in [5.41, 5.74) is 0.370. The molecule has 1 aromatic rings. The molecule has 1 aromatic carbocycles. The van der Waals surface area contributed by atoms with Crippen LogP contribution in [0.5, 0.6) is 0 Å². The molecular weight excluding hydrogens is 346 g/mol. The first-order valence-electron chi connectivity index (χ1n) is 9.88. The number of urea groups is 1. The molecule has 0 heterocycles. The van der Waals surface area contributed by atoms with E-state index in [9.17, 15) is 14.9 Å². The molecule has 7 nitrogen and oxygen atoms in total. The summed E-state index contributed by atoms with van der Waals surface area (Å²) in [6.45, 7) is 2.43. The van der Waals surface area contributed by atoms with Crippen molar-refractivity contribution in [2.45, 2.75) is 57.2 Å². The van der Waals surface area contributed by atoms with Gasteiger partial charge in [-0.2, -0.15) is 0 Å². The number of nitrogens with zero attached hydrogens (tertiary/aromatic N) is 1. The molecule has 0 radical (unpaired) electrons. The Morgan fingerprint density at radius 3 is 2.48 bits per heavy atom. The molecule has 4 fully saturated rings. The molecule has 7 heteroatoms. The minimum absolute atomic E-state index is 0.0202. The van der Waals surface area contributed by atoms with Crippen molar-refractivity contribution in [2.24, 2.45) is 17.8 Å². The van der Waals surface area contributed by atoms with Crippen molar-refractivity contribution < 1.29 is 14.5 Å². The SMILES string of the molecule is C[C@H](CNC(=O)Nc1cccc([N+](=O)[O-])c1)OC12CC3CC(CC(C3)C1)C2. The second-order valence-corrected chi connectivity index (χ2v) is 8.67. The van der Waals surface area contributed by atoms with Gasteiger partial charge in [-0.25, -0.2) is 4.79 Å². The normalized spacial score (nSPS) is 32.1. The lowest BCUT2D eigenvalue weighted by Gasteiger charge is -2.57. The van der Waals surface area contributed by atoms with Gasteiger partial charge in [0.25, 0.3) is 5.69 Å². The fourth-order valence-corrected chi connectivity index (χ4v) is 5.75. The van der Waals surface area contributed by atoms with Crippen LogP contribution in [0.4, 0.5) is 16.2 Å². The number of ether oxygens (including phenoxy) is 1. The molecule has 0 aliphatic heterocycles. The van der Waals surface area contributed by atoms with E-state index in [1.54, 1.807) is 12.1 Å². The van der Waals surface area contributed by atoms with Gasteiger partial charge in [-0.3, -0.25) is 10.1 Å². The maximum Gasteiger partial charge on any atom is 0.319 e. The van der Waals surface area contributed by atoms with Gasteiger partial charge < -0.3 is 15.4 Å². The Morgan fingerprint density at radius 1 is 1.26 bits per heavy atom. The lowest BCUT2D eigenvalue weighted by Crippen LogP contribution is -2.54. The number of carbonyl (C=O) groups is 1. The standard InChI is InChI=1S/C20H27N3O4/c1-13(27-20-9-14-5-15(10-20)7-16(6-14)11-20)12-21-19(24)22-17-3-2-4-18(8-17)23(25)26/h2-4,8,13-16H,5-7,9-12H2,1H3,(H2,21,22,24)/t13-,14?,15?,16?,20?/m1/s1. The number of nitro benzene ring substituents is 1. The lowest BCUT2D eigenvalue weighted by molar-refractivity contribution is -0.384. The summed E-state index contributed by atoms with van der Waals surface area (Å²) < 4.78 is 6.47. The minimum atomic E-state index is -0.482. The molecule has 4 saturated carbocycles. The second kappa shape index (κ2) is 7.11. The molecule has 0 unspecified atom stereocenters. The van der Waals surface area contributed by atoms with Gasteiger partial charge in [-0.1, -0.05) is 6.07 Å². The molecule has 27 heavy (non-hydrogen) atoms. The smallest absolute Gasteiger partial charge is 0.319 e. The zero-order valence-electron chi connectivity index (χ0n) is 15.6. The molecule has 4 bridgehead atoms. The average Bonchev–Trinajstić information content (AvgIpc) is 2.58.